The van der Waals surface area contributed by atoms with E-state index in [1.807, 2.05) is 42.5 Å². The molecule has 0 N–H and O–H groups in total. The molecule has 0 atom stereocenters. The third-order valence-electron chi connectivity index (χ3n) is 2.36. The van der Waals surface area contributed by atoms with E-state index in [0.717, 1.165) is 5.56 Å². The molecule has 0 fully saturated rings. The average molecular weight is 207 g/mol. The number of benzene rings is 2. The Kier molecular flexibility index (Phi) is 3.29. The average Bonchev–Trinajstić information content (AvgIpc) is 2.38. The van der Waals surface area contributed by atoms with Gasteiger partial charge in [0, 0.05) is 0 Å². The van der Waals surface area contributed by atoms with Crippen molar-refractivity contribution in [2.24, 2.45) is 0 Å². The van der Waals surface area contributed by atoms with Gasteiger partial charge in [0.1, 0.15) is 0 Å². The molecular weight excluding hydrogens is 196 g/mol. The van der Waals surface area contributed by atoms with Crippen molar-refractivity contribution in [1.82, 2.24) is 0 Å². The van der Waals surface area contributed by atoms with Crippen molar-refractivity contribution in [3.63, 3.8) is 0 Å². The minimum Gasteiger partial charge on any atom is -0.286 e. The lowest BCUT2D eigenvalue weighted by atomic mass is 10.0. The summed E-state index contributed by atoms with van der Waals surface area (Å²) < 4.78 is 0. The van der Waals surface area contributed by atoms with Gasteiger partial charge in [0.15, 0.2) is 0 Å². The molecule has 1 heteroatoms. The first kappa shape index (κ1) is 10.4. The van der Waals surface area contributed by atoms with Crippen LogP contribution in [0, 0.1) is 0 Å². The topological polar surface area (TPSA) is 17.1 Å². The molecule has 0 aliphatic heterocycles. The Hall–Kier alpha value is -2.15. The maximum absolute atomic E-state index is 10.1. The molecule has 0 heterocycles. The number of carbonyl (C=O) groups excluding carboxylic acids is 1. The summed E-state index contributed by atoms with van der Waals surface area (Å²) in [5.41, 5.74) is 3.37. The van der Waals surface area contributed by atoms with Crippen molar-refractivity contribution in [2.45, 2.75) is 0 Å². The lowest BCUT2D eigenvalue weighted by Crippen LogP contribution is -1.77. The lowest BCUT2D eigenvalue weighted by Gasteiger charge is -2.01. The second-order valence-corrected chi connectivity index (χ2v) is 3.44. The fourth-order valence-corrected chi connectivity index (χ4v) is 1.55. The second kappa shape index (κ2) is 5.08. The maximum atomic E-state index is 10.1. The standard InChI is InChI=1S/C15H11O/c16-12-4-5-13-8-10-15(11-9-13)14-6-2-1-3-7-14/h1-11H/b5-4+. The van der Waals surface area contributed by atoms with Crippen LogP contribution in [0.4, 0.5) is 0 Å². The molecule has 0 saturated carbocycles. The summed E-state index contributed by atoms with van der Waals surface area (Å²) in [5.74, 6) is 0. The molecule has 16 heavy (non-hydrogen) atoms. The zero-order valence-corrected chi connectivity index (χ0v) is 8.76. The Morgan fingerprint density at radius 2 is 1.44 bits per heavy atom. The van der Waals surface area contributed by atoms with Crippen molar-refractivity contribution in [1.29, 1.82) is 0 Å². The van der Waals surface area contributed by atoms with Gasteiger partial charge in [-0.1, -0.05) is 60.7 Å². The highest BCUT2D eigenvalue weighted by Crippen LogP contribution is 2.19. The minimum atomic E-state index is 1.00. The first-order valence-electron chi connectivity index (χ1n) is 5.10. The zero-order valence-electron chi connectivity index (χ0n) is 8.76. The monoisotopic (exact) mass is 207 g/mol. The van der Waals surface area contributed by atoms with Crippen LogP contribution >= 0.6 is 0 Å². The molecule has 1 radical (unpaired) electrons. The van der Waals surface area contributed by atoms with E-state index in [-0.39, 0.29) is 0 Å². The zero-order chi connectivity index (χ0) is 11.2. The molecule has 0 aliphatic carbocycles. The Morgan fingerprint density at radius 3 is 2.06 bits per heavy atom. The van der Waals surface area contributed by atoms with Crippen molar-refractivity contribution < 1.29 is 4.79 Å². The molecule has 0 aliphatic rings. The van der Waals surface area contributed by atoms with Crippen molar-refractivity contribution in [3.8, 4) is 11.1 Å². The Morgan fingerprint density at radius 1 is 0.812 bits per heavy atom. The normalized spacial score (nSPS) is 10.5. The van der Waals surface area contributed by atoms with Gasteiger partial charge in [-0.15, -0.1) is 0 Å². The molecule has 0 spiro atoms. The van der Waals surface area contributed by atoms with Crippen LogP contribution in [0.25, 0.3) is 17.2 Å². The number of hydrogen-bond acceptors (Lipinski definition) is 1. The predicted octanol–water partition coefficient (Wildman–Crippen LogP) is 3.48. The number of allylic oxidation sites excluding steroid dienone is 1. The summed E-state index contributed by atoms with van der Waals surface area (Å²) in [6, 6.07) is 18.2. The van der Waals surface area contributed by atoms with Crippen molar-refractivity contribution in [2.75, 3.05) is 0 Å². The Bertz CT molecular complexity index is 481. The van der Waals surface area contributed by atoms with Gasteiger partial charge in [-0.05, 0) is 22.8 Å². The van der Waals surface area contributed by atoms with Crippen LogP contribution in [0.1, 0.15) is 5.56 Å². The van der Waals surface area contributed by atoms with E-state index in [1.165, 1.54) is 17.2 Å². The van der Waals surface area contributed by atoms with E-state index in [2.05, 4.69) is 12.1 Å². The van der Waals surface area contributed by atoms with Crippen LogP contribution in [-0.2, 0) is 4.79 Å². The van der Waals surface area contributed by atoms with Crippen molar-refractivity contribution in [3.05, 3.63) is 66.2 Å². The van der Waals surface area contributed by atoms with E-state index < -0.39 is 0 Å². The van der Waals surface area contributed by atoms with Gasteiger partial charge in [0.25, 0.3) is 0 Å². The summed E-state index contributed by atoms with van der Waals surface area (Å²) >= 11 is 0. The highest BCUT2D eigenvalue weighted by atomic mass is 16.1. The Labute approximate surface area is 95.1 Å². The van der Waals surface area contributed by atoms with Crippen LogP contribution in [0.2, 0.25) is 0 Å². The molecule has 77 valence electrons. The number of rotatable bonds is 3. The largest absolute Gasteiger partial charge is 0.286 e. The van der Waals surface area contributed by atoms with Crippen LogP contribution < -0.4 is 0 Å². The molecule has 0 bridgehead atoms. The summed E-state index contributed by atoms with van der Waals surface area (Å²) in [5, 5.41) is 0. The highest BCUT2D eigenvalue weighted by molar-refractivity contribution is 5.75. The lowest BCUT2D eigenvalue weighted by molar-refractivity contribution is 0.564. The summed E-state index contributed by atoms with van der Waals surface area (Å²) in [6.07, 6.45) is 4.84. The van der Waals surface area contributed by atoms with Gasteiger partial charge >= 0.3 is 0 Å². The van der Waals surface area contributed by atoms with Crippen molar-refractivity contribution >= 4 is 12.4 Å². The fraction of sp³-hybridized carbons (Fsp3) is 0. The van der Waals surface area contributed by atoms with E-state index in [0.29, 0.717) is 0 Å². The molecule has 0 unspecified atom stereocenters. The van der Waals surface area contributed by atoms with Crippen LogP contribution in [0.5, 0.6) is 0 Å². The highest BCUT2D eigenvalue weighted by Gasteiger charge is 1.95. The third kappa shape index (κ3) is 2.45. The first-order valence-corrected chi connectivity index (χ1v) is 5.10. The van der Waals surface area contributed by atoms with E-state index in [9.17, 15) is 4.79 Å². The predicted molar refractivity (Wildman–Crippen MR) is 66.6 cm³/mol. The van der Waals surface area contributed by atoms with Crippen LogP contribution in [0.15, 0.2) is 60.7 Å². The second-order valence-electron chi connectivity index (χ2n) is 3.44. The maximum Gasteiger partial charge on any atom is 0.225 e. The van der Waals surface area contributed by atoms with E-state index in [1.54, 1.807) is 12.4 Å². The van der Waals surface area contributed by atoms with Gasteiger partial charge in [-0.3, -0.25) is 4.79 Å². The summed E-state index contributed by atoms with van der Waals surface area (Å²) in [6.45, 7) is 0. The molecule has 1 nitrogen and oxygen atoms in total. The molecule has 0 aromatic heterocycles. The summed E-state index contributed by atoms with van der Waals surface area (Å²) in [4.78, 5) is 10.1. The first-order chi connectivity index (χ1) is 7.90. The van der Waals surface area contributed by atoms with Gasteiger partial charge in [-0.2, -0.15) is 0 Å². The van der Waals surface area contributed by atoms with Crippen LogP contribution in [0.3, 0.4) is 0 Å². The Balaban J connectivity index is 2.26. The smallest absolute Gasteiger partial charge is 0.225 e. The van der Waals surface area contributed by atoms with Gasteiger partial charge < -0.3 is 0 Å². The number of hydrogen-bond donors (Lipinski definition) is 0. The molecule has 2 rings (SSSR count). The third-order valence-corrected chi connectivity index (χ3v) is 2.36. The van der Waals surface area contributed by atoms with Crippen LogP contribution in [-0.4, -0.2) is 6.29 Å². The van der Waals surface area contributed by atoms with Gasteiger partial charge in [-0.25, -0.2) is 0 Å². The minimum absolute atomic E-state index is 1.00. The molecule has 0 amide bonds. The molecule has 2 aromatic rings. The van der Waals surface area contributed by atoms with Gasteiger partial charge in [0.05, 0.1) is 0 Å². The molecule has 2 aromatic carbocycles. The molecule has 0 saturated heterocycles. The fourth-order valence-electron chi connectivity index (χ4n) is 1.55. The van der Waals surface area contributed by atoms with Gasteiger partial charge in [0.2, 0.25) is 6.29 Å². The van der Waals surface area contributed by atoms with E-state index >= 15 is 0 Å². The molecular formula is C15H11O. The summed E-state index contributed by atoms with van der Waals surface area (Å²) in [7, 11) is 0. The quantitative estimate of drug-likeness (QED) is 0.704. The van der Waals surface area contributed by atoms with E-state index in [4.69, 9.17) is 0 Å². The SMILES string of the molecule is O=[C]/C=C/c1ccc(-c2ccccc2)cc1.